The van der Waals surface area contributed by atoms with Crippen molar-refractivity contribution in [1.82, 2.24) is 4.90 Å². The fourth-order valence-electron chi connectivity index (χ4n) is 2.06. The van der Waals surface area contributed by atoms with Crippen LogP contribution in [0.2, 0.25) is 0 Å². The smallest absolute Gasteiger partial charge is 0.222 e. The van der Waals surface area contributed by atoms with Crippen molar-refractivity contribution >= 4 is 5.91 Å². The van der Waals surface area contributed by atoms with Gasteiger partial charge >= 0.3 is 0 Å². The molecular formula is C14H18NO3. The molecule has 0 bridgehead atoms. The number of hydrogen-bond acceptors (Lipinski definition) is 3. The van der Waals surface area contributed by atoms with E-state index in [0.29, 0.717) is 13.0 Å². The maximum atomic E-state index is 11.4. The summed E-state index contributed by atoms with van der Waals surface area (Å²) in [7, 11) is 0. The number of carbonyl (C=O) groups is 1. The van der Waals surface area contributed by atoms with Gasteiger partial charge in [-0.3, -0.25) is 4.79 Å². The van der Waals surface area contributed by atoms with E-state index in [1.807, 2.05) is 11.0 Å². The van der Waals surface area contributed by atoms with Crippen LogP contribution in [0.4, 0.5) is 0 Å². The number of rotatable bonds is 6. The lowest BCUT2D eigenvalue weighted by Gasteiger charge is -2.15. The summed E-state index contributed by atoms with van der Waals surface area (Å²) in [4.78, 5) is 13.3. The van der Waals surface area contributed by atoms with E-state index < -0.39 is 0 Å². The van der Waals surface area contributed by atoms with Gasteiger partial charge < -0.3 is 14.7 Å². The summed E-state index contributed by atoms with van der Waals surface area (Å²) in [6.45, 7) is 2.20. The number of aliphatic hydroxyl groups excluding tert-OH is 1. The minimum absolute atomic E-state index is 0.0283. The standard InChI is InChI=1S/C14H18NO3/c16-11-12-4-1-5-13(10-12)18-9-3-8-15-7-2-6-14(15)17/h1,5,10,16H,2-3,6-9,11H2. The number of nitrogens with zero attached hydrogens (tertiary/aromatic N) is 1. The molecule has 97 valence electrons. The summed E-state index contributed by atoms with van der Waals surface area (Å²) in [5, 5.41) is 8.98. The minimum atomic E-state index is -0.0283. The Kier molecular flexibility index (Phi) is 4.59. The van der Waals surface area contributed by atoms with Crippen LogP contribution in [0, 0.1) is 6.07 Å². The molecule has 0 spiro atoms. The average Bonchev–Trinajstić information content (AvgIpc) is 2.81. The van der Waals surface area contributed by atoms with E-state index in [1.165, 1.54) is 0 Å². The van der Waals surface area contributed by atoms with Gasteiger partial charge in [0.1, 0.15) is 5.75 Å². The SMILES string of the molecule is O=C1CCCN1CCCOc1cc[c]c(CO)c1. The van der Waals surface area contributed by atoms with Crippen molar-refractivity contribution < 1.29 is 14.6 Å². The predicted molar refractivity (Wildman–Crippen MR) is 67.1 cm³/mol. The third kappa shape index (κ3) is 3.47. The molecule has 0 unspecified atom stereocenters. The summed E-state index contributed by atoms with van der Waals surface area (Å²) < 4.78 is 5.57. The van der Waals surface area contributed by atoms with Gasteiger partial charge in [0.05, 0.1) is 13.2 Å². The molecule has 1 heterocycles. The van der Waals surface area contributed by atoms with E-state index in [2.05, 4.69) is 6.07 Å². The van der Waals surface area contributed by atoms with Crippen LogP contribution in [0.3, 0.4) is 0 Å². The summed E-state index contributed by atoms with van der Waals surface area (Å²) in [6, 6.07) is 8.26. The molecule has 0 aliphatic carbocycles. The minimum Gasteiger partial charge on any atom is -0.494 e. The highest BCUT2D eigenvalue weighted by Gasteiger charge is 2.18. The zero-order valence-corrected chi connectivity index (χ0v) is 10.4. The van der Waals surface area contributed by atoms with E-state index >= 15 is 0 Å². The Morgan fingerprint density at radius 3 is 3.11 bits per heavy atom. The second-order valence-electron chi connectivity index (χ2n) is 4.39. The molecule has 1 aromatic carbocycles. The first-order chi connectivity index (χ1) is 8.79. The van der Waals surface area contributed by atoms with Crippen LogP contribution in [0.1, 0.15) is 24.8 Å². The van der Waals surface area contributed by atoms with Crippen molar-refractivity contribution in [1.29, 1.82) is 0 Å². The number of ether oxygens (including phenoxy) is 1. The highest BCUT2D eigenvalue weighted by molar-refractivity contribution is 5.77. The molecule has 0 aromatic heterocycles. The molecule has 1 aliphatic rings. The van der Waals surface area contributed by atoms with Crippen molar-refractivity contribution in [3.05, 3.63) is 29.8 Å². The van der Waals surface area contributed by atoms with Crippen molar-refractivity contribution in [3.63, 3.8) is 0 Å². The summed E-state index contributed by atoms with van der Waals surface area (Å²) in [6.07, 6.45) is 2.50. The second-order valence-corrected chi connectivity index (χ2v) is 4.39. The maximum absolute atomic E-state index is 11.4. The van der Waals surface area contributed by atoms with Crippen LogP contribution >= 0.6 is 0 Å². The van der Waals surface area contributed by atoms with E-state index in [4.69, 9.17) is 9.84 Å². The molecule has 2 rings (SSSR count). The van der Waals surface area contributed by atoms with Crippen LogP contribution in [-0.4, -0.2) is 35.6 Å². The summed E-state index contributed by atoms with van der Waals surface area (Å²) >= 11 is 0. The predicted octanol–water partition coefficient (Wildman–Crippen LogP) is 1.37. The topological polar surface area (TPSA) is 49.8 Å². The molecule has 1 aliphatic heterocycles. The zero-order chi connectivity index (χ0) is 12.8. The lowest BCUT2D eigenvalue weighted by atomic mass is 10.2. The van der Waals surface area contributed by atoms with Gasteiger partial charge in [-0.2, -0.15) is 0 Å². The highest BCUT2D eigenvalue weighted by atomic mass is 16.5. The molecule has 4 nitrogen and oxygen atoms in total. The number of aliphatic hydroxyl groups is 1. The lowest BCUT2D eigenvalue weighted by molar-refractivity contribution is -0.127. The van der Waals surface area contributed by atoms with Gasteiger partial charge in [-0.1, -0.05) is 6.07 Å². The van der Waals surface area contributed by atoms with Crippen molar-refractivity contribution in [2.24, 2.45) is 0 Å². The zero-order valence-electron chi connectivity index (χ0n) is 10.4. The molecule has 0 atom stereocenters. The van der Waals surface area contributed by atoms with E-state index in [-0.39, 0.29) is 12.5 Å². The largest absolute Gasteiger partial charge is 0.494 e. The van der Waals surface area contributed by atoms with Gasteiger partial charge in [-0.05, 0) is 36.6 Å². The molecule has 18 heavy (non-hydrogen) atoms. The summed E-state index contributed by atoms with van der Waals surface area (Å²) in [5.74, 6) is 0.998. The van der Waals surface area contributed by atoms with Crippen LogP contribution < -0.4 is 4.74 Å². The lowest BCUT2D eigenvalue weighted by Crippen LogP contribution is -2.26. The Balaban J connectivity index is 1.70. The second kappa shape index (κ2) is 6.40. The van der Waals surface area contributed by atoms with Gasteiger partial charge in [-0.25, -0.2) is 0 Å². The third-order valence-electron chi connectivity index (χ3n) is 3.02. The number of amides is 1. The van der Waals surface area contributed by atoms with Gasteiger partial charge in [0.25, 0.3) is 0 Å². The Morgan fingerprint density at radius 2 is 2.39 bits per heavy atom. The maximum Gasteiger partial charge on any atom is 0.222 e. The first kappa shape index (κ1) is 12.9. The molecule has 1 saturated heterocycles. The van der Waals surface area contributed by atoms with E-state index in [9.17, 15) is 4.79 Å². The van der Waals surface area contributed by atoms with Crippen LogP contribution in [0.5, 0.6) is 5.75 Å². The Bertz CT molecular complexity index is 406. The molecular weight excluding hydrogens is 230 g/mol. The monoisotopic (exact) mass is 248 g/mol. The highest BCUT2D eigenvalue weighted by Crippen LogP contribution is 2.14. The first-order valence-electron chi connectivity index (χ1n) is 6.31. The Morgan fingerprint density at radius 1 is 1.50 bits per heavy atom. The fourth-order valence-corrected chi connectivity index (χ4v) is 2.06. The molecule has 1 aromatic rings. The van der Waals surface area contributed by atoms with Crippen molar-refractivity contribution in [2.75, 3.05) is 19.7 Å². The van der Waals surface area contributed by atoms with Crippen molar-refractivity contribution in [3.8, 4) is 5.75 Å². The average molecular weight is 248 g/mol. The van der Waals surface area contributed by atoms with Crippen LogP contribution in [0.15, 0.2) is 18.2 Å². The van der Waals surface area contributed by atoms with Crippen LogP contribution in [-0.2, 0) is 11.4 Å². The van der Waals surface area contributed by atoms with Gasteiger partial charge in [-0.15, -0.1) is 0 Å². The summed E-state index contributed by atoms with van der Waals surface area (Å²) in [5.41, 5.74) is 0.724. The quantitative estimate of drug-likeness (QED) is 0.774. The number of carbonyl (C=O) groups excluding carboxylic acids is 1. The number of benzene rings is 1. The molecule has 1 amide bonds. The normalized spacial score (nSPS) is 15.2. The molecule has 1 N–H and O–H groups in total. The molecule has 4 heteroatoms. The van der Waals surface area contributed by atoms with E-state index in [0.717, 1.165) is 37.2 Å². The van der Waals surface area contributed by atoms with Crippen molar-refractivity contribution in [2.45, 2.75) is 25.9 Å². The van der Waals surface area contributed by atoms with E-state index in [1.54, 1.807) is 12.1 Å². The van der Waals surface area contributed by atoms with Crippen LogP contribution in [0.25, 0.3) is 0 Å². The fraction of sp³-hybridized carbons (Fsp3) is 0.500. The number of likely N-dealkylation sites (tertiary alicyclic amines) is 1. The Labute approximate surface area is 107 Å². The molecule has 1 radical (unpaired) electrons. The molecule has 1 fully saturated rings. The van der Waals surface area contributed by atoms with Gasteiger partial charge in [0.15, 0.2) is 0 Å². The van der Waals surface area contributed by atoms with Gasteiger partial charge in [0, 0.05) is 19.5 Å². The molecule has 0 saturated carbocycles. The Hall–Kier alpha value is -1.55. The first-order valence-corrected chi connectivity index (χ1v) is 6.31. The van der Waals surface area contributed by atoms with Gasteiger partial charge in [0.2, 0.25) is 5.91 Å². The third-order valence-corrected chi connectivity index (χ3v) is 3.02. The number of hydrogen-bond donors (Lipinski definition) is 1.